The third-order valence-corrected chi connectivity index (χ3v) is 5.38. The van der Waals surface area contributed by atoms with Gasteiger partial charge in [0.1, 0.15) is 5.82 Å². The topological polar surface area (TPSA) is 26.7 Å². The van der Waals surface area contributed by atoms with Crippen molar-refractivity contribution in [2.75, 3.05) is 43.4 Å². The molecule has 0 aliphatic carbocycles. The minimum atomic E-state index is -0.352. The summed E-state index contributed by atoms with van der Waals surface area (Å²) in [6, 6.07) is 17.1. The summed E-state index contributed by atoms with van der Waals surface area (Å²) in [5.74, 6) is 0.530. The van der Waals surface area contributed by atoms with Crippen LogP contribution in [0.1, 0.15) is 0 Å². The number of thioether (sulfide) groups is 1. The Morgan fingerprint density at radius 3 is 2.33 bits per heavy atom. The molecule has 0 spiro atoms. The molecule has 24 heavy (non-hydrogen) atoms. The highest BCUT2D eigenvalue weighted by molar-refractivity contribution is 7.99. The third-order valence-electron chi connectivity index (χ3n) is 4.22. The number of hydrogen-bond acceptors (Lipinski definition) is 4. The van der Waals surface area contributed by atoms with Gasteiger partial charge in [-0.3, -0.25) is 4.90 Å². The molecule has 0 bridgehead atoms. The molecule has 2 aromatic rings. The van der Waals surface area contributed by atoms with Gasteiger partial charge in [0.2, 0.25) is 0 Å². The van der Waals surface area contributed by atoms with Gasteiger partial charge in [0.25, 0.3) is 0 Å². The van der Waals surface area contributed by atoms with Gasteiger partial charge in [0, 0.05) is 43.4 Å². The van der Waals surface area contributed by atoms with Gasteiger partial charge in [0.15, 0.2) is 0 Å². The van der Waals surface area contributed by atoms with E-state index in [9.17, 15) is 9.50 Å². The van der Waals surface area contributed by atoms with Gasteiger partial charge in [-0.25, -0.2) is 4.39 Å². The predicted octanol–water partition coefficient (Wildman–Crippen LogP) is 3.10. The SMILES string of the molecule is O[C@H](CSc1ccccc1)CN1CCN(c2ccccc2F)CC1. The van der Waals surface area contributed by atoms with E-state index in [4.69, 9.17) is 0 Å². The first-order valence-electron chi connectivity index (χ1n) is 8.30. The van der Waals surface area contributed by atoms with Gasteiger partial charge in [-0.2, -0.15) is 0 Å². The average Bonchev–Trinajstić information content (AvgIpc) is 2.62. The lowest BCUT2D eigenvalue weighted by Crippen LogP contribution is -2.49. The molecule has 0 amide bonds. The zero-order valence-electron chi connectivity index (χ0n) is 13.6. The largest absolute Gasteiger partial charge is 0.391 e. The van der Waals surface area contributed by atoms with Crippen molar-refractivity contribution in [3.8, 4) is 0 Å². The van der Waals surface area contributed by atoms with Gasteiger partial charge in [-0.1, -0.05) is 30.3 Å². The fourth-order valence-electron chi connectivity index (χ4n) is 2.94. The molecule has 0 saturated carbocycles. The maximum atomic E-state index is 13.8. The molecule has 128 valence electrons. The average molecular weight is 346 g/mol. The number of halogens is 1. The number of hydrogen-bond donors (Lipinski definition) is 1. The number of aliphatic hydroxyl groups excluding tert-OH is 1. The summed E-state index contributed by atoms with van der Waals surface area (Å²) in [6.45, 7) is 3.95. The van der Waals surface area contributed by atoms with Crippen LogP contribution in [-0.2, 0) is 0 Å². The van der Waals surface area contributed by atoms with Crippen LogP contribution in [0.4, 0.5) is 10.1 Å². The van der Waals surface area contributed by atoms with E-state index in [2.05, 4.69) is 21.9 Å². The zero-order valence-corrected chi connectivity index (χ0v) is 14.5. The molecule has 1 fully saturated rings. The molecule has 1 aliphatic heterocycles. The Labute approximate surface area is 147 Å². The molecule has 0 aromatic heterocycles. The van der Waals surface area contributed by atoms with E-state index in [1.54, 1.807) is 17.8 Å². The second-order valence-electron chi connectivity index (χ2n) is 6.02. The van der Waals surface area contributed by atoms with E-state index in [-0.39, 0.29) is 11.9 Å². The van der Waals surface area contributed by atoms with E-state index in [1.165, 1.54) is 11.0 Å². The lowest BCUT2D eigenvalue weighted by molar-refractivity contribution is 0.126. The van der Waals surface area contributed by atoms with Crippen LogP contribution < -0.4 is 4.90 Å². The summed E-state index contributed by atoms with van der Waals surface area (Å²) >= 11 is 1.68. The molecule has 1 atom stereocenters. The highest BCUT2D eigenvalue weighted by atomic mass is 32.2. The Balaban J connectivity index is 1.43. The highest BCUT2D eigenvalue weighted by Gasteiger charge is 2.21. The van der Waals surface area contributed by atoms with Crippen LogP contribution in [-0.4, -0.2) is 54.6 Å². The van der Waals surface area contributed by atoms with Crippen LogP contribution in [0.25, 0.3) is 0 Å². The molecule has 1 aliphatic rings. The number of piperazine rings is 1. The second-order valence-corrected chi connectivity index (χ2v) is 7.11. The minimum Gasteiger partial charge on any atom is -0.391 e. The minimum absolute atomic E-state index is 0.162. The van der Waals surface area contributed by atoms with Gasteiger partial charge in [-0.15, -0.1) is 11.8 Å². The number of anilines is 1. The molecule has 1 N–H and O–H groups in total. The van der Waals surface area contributed by atoms with Gasteiger partial charge in [-0.05, 0) is 24.3 Å². The van der Waals surface area contributed by atoms with E-state index < -0.39 is 0 Å². The van der Waals surface area contributed by atoms with Crippen LogP contribution in [0.5, 0.6) is 0 Å². The number of para-hydroxylation sites is 1. The van der Waals surface area contributed by atoms with E-state index in [0.29, 0.717) is 18.0 Å². The lowest BCUT2D eigenvalue weighted by Gasteiger charge is -2.37. The van der Waals surface area contributed by atoms with Crippen LogP contribution in [0.3, 0.4) is 0 Å². The highest BCUT2D eigenvalue weighted by Crippen LogP contribution is 2.21. The summed E-state index contributed by atoms with van der Waals surface area (Å²) in [6.07, 6.45) is -0.352. The number of β-amino-alcohol motifs (C(OH)–C–C–N with tert-alkyl or cyclic N) is 1. The van der Waals surface area contributed by atoms with Gasteiger partial charge < -0.3 is 10.0 Å². The van der Waals surface area contributed by atoms with Crippen LogP contribution >= 0.6 is 11.8 Å². The number of aliphatic hydroxyl groups is 1. The fourth-order valence-corrected chi connectivity index (χ4v) is 3.78. The summed E-state index contributed by atoms with van der Waals surface area (Å²) in [5.41, 5.74) is 0.678. The number of rotatable bonds is 6. The number of benzene rings is 2. The van der Waals surface area contributed by atoms with Crippen molar-refractivity contribution >= 4 is 17.4 Å². The zero-order chi connectivity index (χ0) is 16.8. The Morgan fingerprint density at radius 1 is 0.958 bits per heavy atom. The normalized spacial score (nSPS) is 17.0. The van der Waals surface area contributed by atoms with Gasteiger partial charge in [0.05, 0.1) is 11.8 Å². The Morgan fingerprint density at radius 2 is 1.62 bits per heavy atom. The van der Waals surface area contributed by atoms with Crippen molar-refractivity contribution in [1.82, 2.24) is 4.90 Å². The van der Waals surface area contributed by atoms with Crippen molar-refractivity contribution in [1.29, 1.82) is 0 Å². The van der Waals surface area contributed by atoms with Crippen molar-refractivity contribution in [2.45, 2.75) is 11.0 Å². The van der Waals surface area contributed by atoms with Crippen molar-refractivity contribution < 1.29 is 9.50 Å². The van der Waals surface area contributed by atoms with Crippen LogP contribution in [0, 0.1) is 5.82 Å². The smallest absolute Gasteiger partial charge is 0.146 e. The second kappa shape index (κ2) is 8.51. The Bertz CT molecular complexity index is 632. The first-order chi connectivity index (χ1) is 11.7. The maximum absolute atomic E-state index is 13.8. The van der Waals surface area contributed by atoms with E-state index >= 15 is 0 Å². The van der Waals surface area contributed by atoms with Crippen molar-refractivity contribution in [3.05, 3.63) is 60.4 Å². The molecule has 5 heteroatoms. The quantitative estimate of drug-likeness (QED) is 0.813. The Hall–Kier alpha value is -1.56. The lowest BCUT2D eigenvalue weighted by atomic mass is 10.2. The summed E-state index contributed by atoms with van der Waals surface area (Å²) in [5, 5.41) is 10.3. The van der Waals surface area contributed by atoms with Crippen LogP contribution in [0.2, 0.25) is 0 Å². The molecule has 0 radical (unpaired) electrons. The predicted molar refractivity (Wildman–Crippen MR) is 98.2 cm³/mol. The fraction of sp³-hybridized carbons (Fsp3) is 0.368. The van der Waals surface area contributed by atoms with Gasteiger partial charge >= 0.3 is 0 Å². The van der Waals surface area contributed by atoms with E-state index in [1.807, 2.05) is 30.3 Å². The monoisotopic (exact) mass is 346 g/mol. The maximum Gasteiger partial charge on any atom is 0.146 e. The molecule has 1 heterocycles. The summed E-state index contributed by atoms with van der Waals surface area (Å²) < 4.78 is 13.8. The molecule has 3 nitrogen and oxygen atoms in total. The molecule has 3 rings (SSSR count). The Kier molecular flexibility index (Phi) is 6.12. The third kappa shape index (κ3) is 4.72. The molecule has 1 saturated heterocycles. The molecule has 0 unspecified atom stereocenters. The molecular formula is C19H23FN2OS. The first kappa shape index (κ1) is 17.3. The standard InChI is InChI=1S/C19H23FN2OS/c20-18-8-4-5-9-19(18)22-12-10-21(11-13-22)14-16(23)15-24-17-6-2-1-3-7-17/h1-9,16,23H,10-15H2/t16-/m0/s1. The summed E-state index contributed by atoms with van der Waals surface area (Å²) in [4.78, 5) is 5.52. The molecule has 2 aromatic carbocycles. The number of nitrogens with zero attached hydrogens (tertiary/aromatic N) is 2. The molecular weight excluding hydrogens is 323 g/mol. The van der Waals surface area contributed by atoms with Crippen molar-refractivity contribution in [3.63, 3.8) is 0 Å². The van der Waals surface area contributed by atoms with Crippen LogP contribution in [0.15, 0.2) is 59.5 Å². The van der Waals surface area contributed by atoms with E-state index in [0.717, 1.165) is 26.2 Å². The first-order valence-corrected chi connectivity index (χ1v) is 9.28. The van der Waals surface area contributed by atoms with Crippen molar-refractivity contribution in [2.24, 2.45) is 0 Å². The summed E-state index contributed by atoms with van der Waals surface area (Å²) in [7, 11) is 0.